The molecule has 8 heteroatoms. The van der Waals surface area contributed by atoms with E-state index in [4.69, 9.17) is 9.47 Å². The van der Waals surface area contributed by atoms with E-state index >= 15 is 0 Å². The molecular formula is C24H24N4O4. The van der Waals surface area contributed by atoms with Gasteiger partial charge in [-0.15, -0.1) is 0 Å². The normalized spacial score (nSPS) is 18.5. The molecule has 2 atom stereocenters. The van der Waals surface area contributed by atoms with Gasteiger partial charge in [0.15, 0.2) is 11.5 Å². The Morgan fingerprint density at radius 2 is 1.84 bits per heavy atom. The van der Waals surface area contributed by atoms with Crippen LogP contribution in [0.15, 0.2) is 61.2 Å². The number of anilines is 1. The van der Waals surface area contributed by atoms with Crippen LogP contribution in [0.1, 0.15) is 24.9 Å². The van der Waals surface area contributed by atoms with E-state index in [1.54, 1.807) is 29.6 Å². The van der Waals surface area contributed by atoms with Crippen molar-refractivity contribution in [1.82, 2.24) is 14.9 Å². The predicted octanol–water partition coefficient (Wildman–Crippen LogP) is 2.87. The highest BCUT2D eigenvalue weighted by molar-refractivity contribution is 6.00. The first-order valence-corrected chi connectivity index (χ1v) is 10.7. The first-order chi connectivity index (χ1) is 15.6. The van der Waals surface area contributed by atoms with Crippen LogP contribution in [0.3, 0.4) is 0 Å². The van der Waals surface area contributed by atoms with Gasteiger partial charge in [0.25, 0.3) is 0 Å². The lowest BCUT2D eigenvalue weighted by Crippen LogP contribution is -2.34. The quantitative estimate of drug-likeness (QED) is 0.670. The van der Waals surface area contributed by atoms with Crippen LogP contribution >= 0.6 is 0 Å². The summed E-state index contributed by atoms with van der Waals surface area (Å²) in [5, 5.41) is 3.05. The molecule has 1 fully saturated rings. The second-order valence-electron chi connectivity index (χ2n) is 8.03. The fraction of sp³-hybridized carbons (Fsp3) is 0.292. The number of imidazole rings is 1. The average molecular weight is 432 g/mol. The second kappa shape index (κ2) is 8.37. The van der Waals surface area contributed by atoms with E-state index in [1.807, 2.05) is 48.0 Å². The molecule has 0 aliphatic carbocycles. The Morgan fingerprint density at radius 1 is 1.09 bits per heavy atom. The van der Waals surface area contributed by atoms with Gasteiger partial charge in [-0.2, -0.15) is 0 Å². The van der Waals surface area contributed by atoms with Crippen molar-refractivity contribution < 1.29 is 19.1 Å². The summed E-state index contributed by atoms with van der Waals surface area (Å²) in [6.07, 6.45) is 5.54. The van der Waals surface area contributed by atoms with E-state index in [0.717, 1.165) is 16.9 Å². The monoisotopic (exact) mass is 432 g/mol. The smallest absolute Gasteiger partial charge is 0.227 e. The maximum Gasteiger partial charge on any atom is 0.227 e. The van der Waals surface area contributed by atoms with Crippen molar-refractivity contribution in [1.29, 1.82) is 0 Å². The molecule has 0 unspecified atom stereocenters. The molecule has 32 heavy (non-hydrogen) atoms. The molecule has 3 aromatic rings. The number of carbonyl (C=O) groups is 2. The van der Waals surface area contributed by atoms with Crippen LogP contribution < -0.4 is 19.7 Å². The summed E-state index contributed by atoms with van der Waals surface area (Å²) in [7, 11) is 0. The highest BCUT2D eigenvalue weighted by Gasteiger charge is 2.36. The molecule has 0 bridgehead atoms. The van der Waals surface area contributed by atoms with E-state index in [-0.39, 0.29) is 24.3 Å². The third kappa shape index (κ3) is 3.91. The number of hydrogen-bond donors (Lipinski definition) is 1. The summed E-state index contributed by atoms with van der Waals surface area (Å²) in [4.78, 5) is 31.2. The van der Waals surface area contributed by atoms with Crippen molar-refractivity contribution >= 4 is 17.5 Å². The van der Waals surface area contributed by atoms with Gasteiger partial charge in [0, 0.05) is 42.8 Å². The van der Waals surface area contributed by atoms with Gasteiger partial charge in [-0.25, -0.2) is 4.98 Å². The lowest BCUT2D eigenvalue weighted by Gasteiger charge is -2.22. The third-order valence-electron chi connectivity index (χ3n) is 5.89. The first kappa shape index (κ1) is 20.1. The summed E-state index contributed by atoms with van der Waals surface area (Å²) in [6.45, 7) is 3.29. The van der Waals surface area contributed by atoms with Gasteiger partial charge in [0.1, 0.15) is 13.2 Å². The van der Waals surface area contributed by atoms with Crippen molar-refractivity contribution in [3.63, 3.8) is 0 Å². The van der Waals surface area contributed by atoms with Crippen LogP contribution in [0, 0.1) is 5.92 Å². The van der Waals surface area contributed by atoms with Gasteiger partial charge < -0.3 is 24.3 Å². The number of nitrogens with one attached hydrogen (secondary N) is 1. The summed E-state index contributed by atoms with van der Waals surface area (Å²) in [5.74, 6) is 0.711. The summed E-state index contributed by atoms with van der Waals surface area (Å²) < 4.78 is 13.1. The molecule has 3 heterocycles. The Kier molecular flexibility index (Phi) is 5.26. The van der Waals surface area contributed by atoms with Crippen molar-refractivity contribution in [2.45, 2.75) is 19.4 Å². The average Bonchev–Trinajstić information content (AvgIpc) is 3.49. The zero-order valence-electron chi connectivity index (χ0n) is 17.7. The Balaban J connectivity index is 1.23. The highest BCUT2D eigenvalue weighted by atomic mass is 16.6. The van der Waals surface area contributed by atoms with E-state index < -0.39 is 5.92 Å². The minimum Gasteiger partial charge on any atom is -0.486 e. The molecule has 2 amide bonds. The van der Waals surface area contributed by atoms with Gasteiger partial charge in [0.05, 0.1) is 18.3 Å². The molecule has 1 saturated heterocycles. The van der Waals surface area contributed by atoms with E-state index in [0.29, 0.717) is 31.3 Å². The number of rotatable bonds is 5. The minimum absolute atomic E-state index is 0.0702. The number of amides is 2. The van der Waals surface area contributed by atoms with Crippen LogP contribution in [0.5, 0.6) is 11.5 Å². The fourth-order valence-corrected chi connectivity index (χ4v) is 4.09. The number of fused-ring (bicyclic) bond motifs is 1. The Morgan fingerprint density at radius 3 is 2.59 bits per heavy atom. The third-order valence-corrected chi connectivity index (χ3v) is 5.89. The molecule has 8 nitrogen and oxygen atoms in total. The molecule has 0 radical (unpaired) electrons. The molecule has 2 aliphatic rings. The fourth-order valence-electron chi connectivity index (χ4n) is 4.09. The van der Waals surface area contributed by atoms with Crippen molar-refractivity contribution in [3.05, 3.63) is 66.7 Å². The van der Waals surface area contributed by atoms with Gasteiger partial charge >= 0.3 is 0 Å². The van der Waals surface area contributed by atoms with Gasteiger partial charge in [-0.1, -0.05) is 12.1 Å². The van der Waals surface area contributed by atoms with Crippen molar-refractivity contribution in [2.24, 2.45) is 5.92 Å². The van der Waals surface area contributed by atoms with Crippen LogP contribution in [0.2, 0.25) is 0 Å². The molecule has 1 N–H and O–H groups in total. The predicted molar refractivity (Wildman–Crippen MR) is 118 cm³/mol. The lowest BCUT2D eigenvalue weighted by molar-refractivity contribution is -0.126. The SMILES string of the molecule is C[C@@H](NC(=O)[C@@H]1CC(=O)N(c2ccc3c(c2)OCCO3)C1)c1ccc(-n2ccnc2)cc1. The maximum atomic E-state index is 12.9. The van der Waals surface area contributed by atoms with Gasteiger partial charge in [0.2, 0.25) is 11.8 Å². The Hall–Kier alpha value is -3.81. The number of hydrogen-bond acceptors (Lipinski definition) is 5. The topological polar surface area (TPSA) is 85.7 Å². The molecule has 5 rings (SSSR count). The molecule has 2 aromatic carbocycles. The number of benzene rings is 2. The van der Waals surface area contributed by atoms with Crippen molar-refractivity contribution in [3.8, 4) is 17.2 Å². The molecule has 0 spiro atoms. The number of ether oxygens (including phenoxy) is 2. The highest BCUT2D eigenvalue weighted by Crippen LogP contribution is 2.36. The molecule has 2 aliphatic heterocycles. The molecule has 164 valence electrons. The summed E-state index contributed by atoms with van der Waals surface area (Å²) in [5.41, 5.74) is 2.72. The van der Waals surface area contributed by atoms with Crippen LogP contribution in [0.25, 0.3) is 5.69 Å². The van der Waals surface area contributed by atoms with Crippen molar-refractivity contribution in [2.75, 3.05) is 24.7 Å². The van der Waals surface area contributed by atoms with Gasteiger partial charge in [-0.3, -0.25) is 9.59 Å². The largest absolute Gasteiger partial charge is 0.486 e. The zero-order valence-corrected chi connectivity index (χ0v) is 17.7. The standard InChI is InChI=1S/C24H24N4O4/c1-16(17-2-4-19(5-3-17)27-9-8-25-15-27)26-24(30)18-12-23(29)28(14-18)20-6-7-21-22(13-20)32-11-10-31-21/h2-9,13,15-16,18H,10-12,14H2,1H3,(H,26,30)/t16-,18-/m1/s1. The first-order valence-electron chi connectivity index (χ1n) is 10.7. The van der Waals surface area contributed by atoms with E-state index in [9.17, 15) is 9.59 Å². The van der Waals surface area contributed by atoms with E-state index in [2.05, 4.69) is 10.3 Å². The van der Waals surface area contributed by atoms with Crippen LogP contribution in [0.4, 0.5) is 5.69 Å². The number of nitrogens with zero attached hydrogens (tertiary/aromatic N) is 3. The Labute approximate surface area is 185 Å². The van der Waals surface area contributed by atoms with Gasteiger partial charge in [-0.05, 0) is 36.8 Å². The minimum atomic E-state index is -0.400. The summed E-state index contributed by atoms with van der Waals surface area (Å²) in [6, 6.07) is 13.2. The Bertz CT molecular complexity index is 1130. The summed E-state index contributed by atoms with van der Waals surface area (Å²) >= 11 is 0. The van der Waals surface area contributed by atoms with Crippen LogP contribution in [-0.2, 0) is 9.59 Å². The number of carbonyl (C=O) groups excluding carboxylic acids is 2. The molecule has 1 aromatic heterocycles. The van der Waals surface area contributed by atoms with Crippen LogP contribution in [-0.4, -0.2) is 41.1 Å². The molecular weight excluding hydrogens is 408 g/mol. The number of aromatic nitrogens is 2. The lowest BCUT2D eigenvalue weighted by atomic mass is 10.0. The molecule has 0 saturated carbocycles. The van der Waals surface area contributed by atoms with E-state index in [1.165, 1.54) is 0 Å². The zero-order chi connectivity index (χ0) is 22.1. The second-order valence-corrected chi connectivity index (χ2v) is 8.03. The maximum absolute atomic E-state index is 12.9.